The molecule has 0 spiro atoms. The summed E-state index contributed by atoms with van der Waals surface area (Å²) < 4.78 is 4.46. The van der Waals surface area contributed by atoms with Crippen LogP contribution in [-0.4, -0.2) is 68.5 Å². The van der Waals surface area contributed by atoms with E-state index in [1.165, 1.54) is 38.5 Å². The Kier molecular flexibility index (Phi) is 19.5. The van der Waals surface area contributed by atoms with Crippen molar-refractivity contribution < 1.29 is 39.9 Å². The number of carbonyl (C=O) groups excluding carboxylic acids is 2. The van der Waals surface area contributed by atoms with E-state index in [1.54, 1.807) is 0 Å². The van der Waals surface area contributed by atoms with E-state index in [0.717, 1.165) is 38.5 Å². The maximum Gasteiger partial charge on any atom is 0.345 e. The molecule has 0 aliphatic rings. The van der Waals surface area contributed by atoms with E-state index >= 15 is 0 Å². The van der Waals surface area contributed by atoms with Crippen molar-refractivity contribution in [3.63, 3.8) is 0 Å². The lowest BCUT2D eigenvalue weighted by Gasteiger charge is -2.24. The van der Waals surface area contributed by atoms with Crippen LogP contribution in [0.5, 0.6) is 0 Å². The molecular weight excluding hydrogens is 416 g/mol. The maximum atomic E-state index is 11.7. The van der Waals surface area contributed by atoms with Gasteiger partial charge in [0, 0.05) is 6.42 Å². The number of ether oxygens (including phenoxy) is 1. The lowest BCUT2D eigenvalue weighted by atomic mass is 10.0. The quantitative estimate of drug-likeness (QED) is 0.0807. The first-order chi connectivity index (χ1) is 15.3. The van der Waals surface area contributed by atoms with Gasteiger partial charge in [0.05, 0.1) is 6.61 Å². The van der Waals surface area contributed by atoms with Gasteiger partial charge in [-0.3, -0.25) is 4.79 Å². The van der Waals surface area contributed by atoms with Crippen LogP contribution in [-0.2, 0) is 14.3 Å². The minimum absolute atomic E-state index is 0.00846. The molecule has 0 aliphatic carbocycles. The molecule has 5 N–H and O–H groups in total. The number of hydrogen-bond donors (Lipinski definition) is 5. The second-order valence-corrected chi connectivity index (χ2v) is 8.30. The van der Waals surface area contributed by atoms with Gasteiger partial charge >= 0.3 is 11.9 Å². The number of hydrogen-bond acceptors (Lipinski definition) is 8. The average molecular weight is 461 g/mol. The van der Waals surface area contributed by atoms with Crippen molar-refractivity contribution in [2.75, 3.05) is 6.61 Å². The molecule has 0 unspecified atom stereocenters. The fourth-order valence-electron chi connectivity index (χ4n) is 3.23. The summed E-state index contributed by atoms with van der Waals surface area (Å²) in [6, 6.07) is 0. The van der Waals surface area contributed by atoms with Crippen LogP contribution in [0.15, 0.2) is 12.2 Å². The largest absolute Gasteiger partial charge is 0.394 e. The summed E-state index contributed by atoms with van der Waals surface area (Å²) in [5.74, 6) is -2.23. The van der Waals surface area contributed by atoms with Gasteiger partial charge in [-0.2, -0.15) is 0 Å². The predicted molar refractivity (Wildman–Crippen MR) is 122 cm³/mol. The zero-order valence-corrected chi connectivity index (χ0v) is 19.5. The van der Waals surface area contributed by atoms with Crippen LogP contribution in [0.2, 0.25) is 0 Å². The second-order valence-electron chi connectivity index (χ2n) is 8.30. The molecule has 0 aromatic carbocycles. The van der Waals surface area contributed by atoms with Crippen molar-refractivity contribution in [1.29, 1.82) is 0 Å². The first kappa shape index (κ1) is 30.7. The van der Waals surface area contributed by atoms with E-state index in [0.29, 0.717) is 6.42 Å². The third-order valence-electron chi connectivity index (χ3n) is 5.35. The van der Waals surface area contributed by atoms with E-state index in [4.69, 9.17) is 5.11 Å². The third-order valence-corrected chi connectivity index (χ3v) is 5.35. The van der Waals surface area contributed by atoms with E-state index in [1.807, 2.05) is 0 Å². The van der Waals surface area contributed by atoms with Gasteiger partial charge in [0.15, 0.2) is 6.10 Å². The Morgan fingerprint density at radius 1 is 0.750 bits per heavy atom. The lowest BCUT2D eigenvalue weighted by Crippen LogP contribution is -2.49. The van der Waals surface area contributed by atoms with Gasteiger partial charge in [-0.25, -0.2) is 4.79 Å². The molecule has 188 valence electrons. The van der Waals surface area contributed by atoms with Crippen LogP contribution in [0.25, 0.3) is 0 Å². The summed E-state index contributed by atoms with van der Waals surface area (Å²) in [5.41, 5.74) is 0. The zero-order chi connectivity index (χ0) is 24.2. The topological polar surface area (TPSA) is 145 Å². The van der Waals surface area contributed by atoms with Crippen LogP contribution < -0.4 is 0 Å². The molecule has 0 saturated carbocycles. The number of allylic oxidation sites excluding steroid dienone is 2. The molecule has 0 rings (SSSR count). The summed E-state index contributed by atoms with van der Waals surface area (Å²) >= 11 is 0. The van der Waals surface area contributed by atoms with Gasteiger partial charge in [0.1, 0.15) is 18.3 Å². The number of esters is 2. The van der Waals surface area contributed by atoms with Gasteiger partial charge in [0.25, 0.3) is 0 Å². The van der Waals surface area contributed by atoms with Gasteiger partial charge in [0.2, 0.25) is 0 Å². The monoisotopic (exact) mass is 460 g/mol. The summed E-state index contributed by atoms with van der Waals surface area (Å²) in [6.07, 6.45) is 11.1. The molecule has 4 atom stereocenters. The number of rotatable bonds is 20. The first-order valence-corrected chi connectivity index (χ1v) is 12.1. The fraction of sp³-hybridized carbons (Fsp3) is 0.833. The predicted octanol–water partition coefficient (Wildman–Crippen LogP) is 2.53. The van der Waals surface area contributed by atoms with Crippen molar-refractivity contribution in [3.8, 4) is 0 Å². The third kappa shape index (κ3) is 15.5. The second kappa shape index (κ2) is 20.3. The summed E-state index contributed by atoms with van der Waals surface area (Å²) in [7, 11) is 0. The van der Waals surface area contributed by atoms with E-state index in [2.05, 4.69) is 23.8 Å². The van der Waals surface area contributed by atoms with Crippen molar-refractivity contribution in [1.82, 2.24) is 0 Å². The highest BCUT2D eigenvalue weighted by molar-refractivity contribution is 5.88. The van der Waals surface area contributed by atoms with E-state index in [9.17, 15) is 30.0 Å². The molecule has 0 radical (unpaired) electrons. The Morgan fingerprint density at radius 2 is 1.25 bits per heavy atom. The van der Waals surface area contributed by atoms with Gasteiger partial charge in [-0.1, -0.05) is 70.4 Å². The number of carbonyl (C=O) groups is 2. The molecular formula is C24H44O8. The molecule has 0 amide bonds. The summed E-state index contributed by atoms with van der Waals surface area (Å²) in [4.78, 5) is 23.3. The molecule has 0 heterocycles. The standard InChI is InChI=1S/C24H44O8/c1-2-3-4-5-6-7-8-9-10-11-12-13-14-15-16-17-20(27)32-24(31)23(30)22(29)21(28)19(26)18-25/h9-10,19,21-23,25-26,28-30H,2-8,11-18H2,1H3/b10-9-/t19-,21-,22+,23-/m1/s1. The summed E-state index contributed by atoms with van der Waals surface area (Å²) in [5, 5.41) is 46.6. The van der Waals surface area contributed by atoms with Crippen molar-refractivity contribution in [3.05, 3.63) is 12.2 Å². The number of aliphatic hydroxyl groups is 5. The number of unbranched alkanes of at least 4 members (excludes halogenated alkanes) is 11. The van der Waals surface area contributed by atoms with Gasteiger partial charge in [-0.15, -0.1) is 0 Å². The Balaban J connectivity index is 3.71. The minimum atomic E-state index is -2.20. The Morgan fingerprint density at radius 3 is 1.78 bits per heavy atom. The molecule has 32 heavy (non-hydrogen) atoms. The van der Waals surface area contributed by atoms with Crippen LogP contribution in [0, 0.1) is 0 Å². The van der Waals surface area contributed by atoms with Crippen LogP contribution in [0.4, 0.5) is 0 Å². The van der Waals surface area contributed by atoms with Gasteiger partial charge < -0.3 is 30.3 Å². The van der Waals surface area contributed by atoms with Crippen molar-refractivity contribution in [2.24, 2.45) is 0 Å². The molecule has 8 heteroatoms. The molecule has 0 aromatic rings. The van der Waals surface area contributed by atoms with Gasteiger partial charge in [-0.05, 0) is 32.1 Å². The molecule has 8 nitrogen and oxygen atoms in total. The molecule has 0 aliphatic heterocycles. The van der Waals surface area contributed by atoms with Crippen molar-refractivity contribution >= 4 is 11.9 Å². The van der Waals surface area contributed by atoms with Crippen LogP contribution in [0.3, 0.4) is 0 Å². The lowest BCUT2D eigenvalue weighted by molar-refractivity contribution is -0.176. The normalized spacial score (nSPS) is 15.4. The number of aliphatic hydroxyl groups excluding tert-OH is 5. The minimum Gasteiger partial charge on any atom is -0.394 e. The molecule has 0 bridgehead atoms. The molecule has 0 fully saturated rings. The summed E-state index contributed by atoms with van der Waals surface area (Å²) in [6.45, 7) is 1.36. The average Bonchev–Trinajstić information content (AvgIpc) is 2.79. The highest BCUT2D eigenvalue weighted by atomic mass is 16.6. The highest BCUT2D eigenvalue weighted by Crippen LogP contribution is 2.11. The SMILES string of the molecule is CCCCCCCC/C=C\CCCCCCCC(=O)OC(=O)[C@H](O)[C@@H](O)[C@H](O)[C@H](O)CO. The molecule has 0 saturated heterocycles. The van der Waals surface area contributed by atoms with Crippen LogP contribution in [0.1, 0.15) is 96.8 Å². The Labute approximate surface area is 192 Å². The smallest absolute Gasteiger partial charge is 0.345 e. The Hall–Kier alpha value is -1.32. The fourth-order valence-corrected chi connectivity index (χ4v) is 3.23. The zero-order valence-electron chi connectivity index (χ0n) is 19.5. The Bertz CT molecular complexity index is 508. The first-order valence-electron chi connectivity index (χ1n) is 12.1. The molecule has 0 aromatic heterocycles. The van der Waals surface area contributed by atoms with E-state index < -0.39 is 43.0 Å². The van der Waals surface area contributed by atoms with E-state index in [-0.39, 0.29) is 6.42 Å². The van der Waals surface area contributed by atoms with Crippen molar-refractivity contribution in [2.45, 2.75) is 121 Å². The highest BCUT2D eigenvalue weighted by Gasteiger charge is 2.35. The van der Waals surface area contributed by atoms with Crippen LogP contribution >= 0.6 is 0 Å². The maximum absolute atomic E-state index is 11.7.